The fraction of sp³-hybridized carbons (Fsp3) is 0.481. The van der Waals surface area contributed by atoms with Crippen molar-refractivity contribution in [2.45, 2.75) is 44.1 Å². The lowest BCUT2D eigenvalue weighted by Crippen LogP contribution is -2.50. The second kappa shape index (κ2) is 12.1. The van der Waals surface area contributed by atoms with Crippen molar-refractivity contribution in [2.24, 2.45) is 5.73 Å². The first-order valence-corrected chi connectivity index (χ1v) is 13.4. The molecule has 0 aromatic carbocycles. The van der Waals surface area contributed by atoms with Crippen LogP contribution in [0.2, 0.25) is 5.02 Å². The Balaban J connectivity index is 1.30. The maximum Gasteiger partial charge on any atom is 0.147 e. The van der Waals surface area contributed by atoms with Gasteiger partial charge in [-0.3, -0.25) is 9.88 Å². The number of allylic oxidation sites excluding steroid dienone is 1. The number of hydrogen-bond donors (Lipinski definition) is 3. The van der Waals surface area contributed by atoms with Crippen molar-refractivity contribution in [3.63, 3.8) is 0 Å². The van der Waals surface area contributed by atoms with E-state index in [9.17, 15) is 9.50 Å². The smallest absolute Gasteiger partial charge is 0.147 e. The number of fused-ring (bicyclic) bond motifs is 1. The minimum absolute atomic E-state index is 0.0789. The van der Waals surface area contributed by atoms with Gasteiger partial charge >= 0.3 is 0 Å². The standard InChI is InChI=1S/C27H34ClFN6O4/c1-16(33-19-5-7-34(8-6-19)22-13-38-14-23(22)36)26(30)17-9-24(27-20(28)11-32-35(27)12-17)39-15-25(37-2)21-4-3-18(29)10-31-21/h3-4,9-12,19,22-23,25,33,36H,5-8,13-15,30H2,1-2H3/b26-16-. The monoisotopic (exact) mass is 560 g/mol. The number of nitrogens with zero attached hydrogens (tertiary/aromatic N) is 4. The highest BCUT2D eigenvalue weighted by Crippen LogP contribution is 2.31. The van der Waals surface area contributed by atoms with E-state index in [1.165, 1.54) is 6.07 Å². The highest BCUT2D eigenvalue weighted by atomic mass is 35.5. The molecule has 0 amide bonds. The van der Waals surface area contributed by atoms with E-state index in [4.69, 9.17) is 31.5 Å². The minimum atomic E-state index is -0.518. The van der Waals surface area contributed by atoms with Gasteiger partial charge in [0.1, 0.15) is 29.8 Å². The lowest BCUT2D eigenvalue weighted by Gasteiger charge is -2.37. The van der Waals surface area contributed by atoms with E-state index in [0.29, 0.717) is 40.9 Å². The summed E-state index contributed by atoms with van der Waals surface area (Å²) in [5.74, 6) is 0.0644. The number of pyridine rings is 2. The number of rotatable bonds is 9. The molecule has 5 heterocycles. The van der Waals surface area contributed by atoms with Gasteiger partial charge in [-0.2, -0.15) is 5.10 Å². The van der Waals surface area contributed by atoms with E-state index in [0.717, 1.165) is 43.4 Å². The number of hydrogen-bond acceptors (Lipinski definition) is 9. The Morgan fingerprint density at radius 2 is 2.10 bits per heavy atom. The van der Waals surface area contributed by atoms with Gasteiger partial charge in [-0.25, -0.2) is 8.91 Å². The largest absolute Gasteiger partial charge is 0.488 e. The molecule has 10 nitrogen and oxygen atoms in total. The summed E-state index contributed by atoms with van der Waals surface area (Å²) < 4.78 is 32.1. The summed E-state index contributed by atoms with van der Waals surface area (Å²) in [6.45, 7) is 4.84. The summed E-state index contributed by atoms with van der Waals surface area (Å²) in [4.78, 5) is 6.42. The van der Waals surface area contributed by atoms with Crippen molar-refractivity contribution in [1.29, 1.82) is 0 Å². The van der Waals surface area contributed by atoms with E-state index in [2.05, 4.69) is 20.3 Å². The summed E-state index contributed by atoms with van der Waals surface area (Å²) in [5, 5.41) is 18.5. The number of nitrogens with two attached hydrogens (primary N) is 1. The number of halogens is 2. The lowest BCUT2D eigenvalue weighted by molar-refractivity contribution is 0.0549. The number of nitrogens with one attached hydrogen (secondary N) is 1. The zero-order valence-electron chi connectivity index (χ0n) is 22.0. The summed E-state index contributed by atoms with van der Waals surface area (Å²) in [6.07, 6.45) is 5.45. The van der Waals surface area contributed by atoms with Gasteiger partial charge in [0.05, 0.1) is 54.2 Å². The number of aliphatic hydroxyl groups is 1. The third-order valence-electron chi connectivity index (χ3n) is 7.44. The summed E-state index contributed by atoms with van der Waals surface area (Å²) in [7, 11) is 1.54. The predicted octanol–water partition coefficient (Wildman–Crippen LogP) is 2.75. The van der Waals surface area contributed by atoms with Crippen LogP contribution in [0, 0.1) is 5.82 Å². The third kappa shape index (κ3) is 6.12. The fourth-order valence-electron chi connectivity index (χ4n) is 5.18. The van der Waals surface area contributed by atoms with Crippen LogP contribution in [0.5, 0.6) is 5.75 Å². The van der Waals surface area contributed by atoms with Crippen molar-refractivity contribution in [3.05, 3.63) is 64.6 Å². The van der Waals surface area contributed by atoms with Crippen LogP contribution in [0.15, 0.2) is 42.5 Å². The summed E-state index contributed by atoms with van der Waals surface area (Å²) >= 11 is 6.42. The molecule has 5 rings (SSSR count). The molecule has 4 N–H and O–H groups in total. The number of aromatic nitrogens is 3. The van der Waals surface area contributed by atoms with E-state index in [-0.39, 0.29) is 18.7 Å². The van der Waals surface area contributed by atoms with Crippen molar-refractivity contribution >= 4 is 22.8 Å². The van der Waals surface area contributed by atoms with Gasteiger partial charge in [0, 0.05) is 43.7 Å². The van der Waals surface area contributed by atoms with Gasteiger partial charge in [0.25, 0.3) is 0 Å². The molecule has 3 atom stereocenters. The Bertz CT molecular complexity index is 1310. The topological polar surface area (TPSA) is 119 Å². The number of methoxy groups -OCH3 is 1. The Hall–Kier alpha value is -2.96. The molecular formula is C27H34ClFN6O4. The first-order chi connectivity index (χ1) is 18.8. The van der Waals surface area contributed by atoms with Gasteiger partial charge in [0.15, 0.2) is 0 Å². The SMILES string of the molecule is COC(COc1cc(/C(N)=C(\C)NC2CCN(C3COCC3O)CC2)cn2ncc(Cl)c12)c1ccc(F)cn1. The molecular weight excluding hydrogens is 527 g/mol. The van der Waals surface area contributed by atoms with E-state index >= 15 is 0 Å². The number of likely N-dealkylation sites (tertiary alicyclic amines) is 1. The van der Waals surface area contributed by atoms with E-state index in [1.54, 1.807) is 23.9 Å². The van der Waals surface area contributed by atoms with Gasteiger partial charge in [-0.05, 0) is 38.0 Å². The van der Waals surface area contributed by atoms with Crippen LogP contribution < -0.4 is 15.8 Å². The minimum Gasteiger partial charge on any atom is -0.488 e. The fourth-order valence-corrected chi connectivity index (χ4v) is 5.40. The molecule has 0 aliphatic carbocycles. The highest BCUT2D eigenvalue weighted by molar-refractivity contribution is 6.34. The summed E-state index contributed by atoms with van der Waals surface area (Å²) in [5.41, 5.74) is 9.91. The first-order valence-electron chi connectivity index (χ1n) is 13.0. The number of piperidine rings is 1. The Kier molecular flexibility index (Phi) is 8.53. The quantitative estimate of drug-likeness (QED) is 0.363. The molecule has 3 unspecified atom stereocenters. The molecule has 210 valence electrons. The van der Waals surface area contributed by atoms with Crippen LogP contribution >= 0.6 is 11.6 Å². The maximum atomic E-state index is 13.3. The van der Waals surface area contributed by atoms with Crippen molar-refractivity contribution in [2.75, 3.05) is 40.0 Å². The molecule has 0 spiro atoms. The molecule has 2 saturated heterocycles. The maximum absolute atomic E-state index is 13.3. The Morgan fingerprint density at radius 3 is 2.77 bits per heavy atom. The van der Waals surface area contributed by atoms with Crippen LogP contribution in [-0.4, -0.2) is 82.8 Å². The van der Waals surface area contributed by atoms with Crippen LogP contribution in [0.3, 0.4) is 0 Å². The first kappa shape index (κ1) is 27.6. The lowest BCUT2D eigenvalue weighted by atomic mass is 10.0. The van der Waals surface area contributed by atoms with Gasteiger partial charge < -0.3 is 30.4 Å². The van der Waals surface area contributed by atoms with E-state index in [1.807, 2.05) is 19.2 Å². The molecule has 2 aliphatic rings. The second-order valence-corrected chi connectivity index (χ2v) is 10.4. The molecule has 3 aromatic heterocycles. The molecule has 2 aliphatic heterocycles. The van der Waals surface area contributed by atoms with Crippen molar-refractivity contribution in [1.82, 2.24) is 24.8 Å². The Labute approximate surface area is 231 Å². The van der Waals surface area contributed by atoms with Crippen LogP contribution in [0.25, 0.3) is 11.2 Å². The van der Waals surface area contributed by atoms with Gasteiger partial charge in [0.2, 0.25) is 0 Å². The molecule has 12 heteroatoms. The van der Waals surface area contributed by atoms with Crippen LogP contribution in [-0.2, 0) is 9.47 Å². The molecule has 2 fully saturated rings. The van der Waals surface area contributed by atoms with Gasteiger partial charge in [-0.15, -0.1) is 0 Å². The highest BCUT2D eigenvalue weighted by Gasteiger charge is 2.34. The third-order valence-corrected chi connectivity index (χ3v) is 7.72. The van der Waals surface area contributed by atoms with Gasteiger partial charge in [-0.1, -0.05) is 11.6 Å². The Morgan fingerprint density at radius 1 is 1.31 bits per heavy atom. The average molecular weight is 561 g/mol. The summed E-state index contributed by atoms with van der Waals surface area (Å²) in [6, 6.07) is 5.07. The molecule has 0 saturated carbocycles. The normalized spacial score (nSPS) is 22.2. The second-order valence-electron chi connectivity index (χ2n) is 9.98. The van der Waals surface area contributed by atoms with Crippen LogP contribution in [0.1, 0.15) is 37.1 Å². The van der Waals surface area contributed by atoms with E-state index < -0.39 is 18.0 Å². The zero-order chi connectivity index (χ0) is 27.5. The number of ether oxygens (including phenoxy) is 3. The molecule has 39 heavy (non-hydrogen) atoms. The van der Waals surface area contributed by atoms with Crippen molar-refractivity contribution < 1.29 is 23.7 Å². The number of aliphatic hydroxyl groups excluding tert-OH is 1. The molecule has 0 bridgehead atoms. The average Bonchev–Trinajstić information content (AvgIpc) is 3.55. The predicted molar refractivity (Wildman–Crippen MR) is 145 cm³/mol. The van der Waals surface area contributed by atoms with Crippen LogP contribution in [0.4, 0.5) is 4.39 Å². The zero-order valence-corrected chi connectivity index (χ0v) is 22.8. The molecule has 3 aromatic rings. The van der Waals surface area contributed by atoms with Crippen molar-refractivity contribution in [3.8, 4) is 5.75 Å². The molecule has 0 radical (unpaired) electrons.